The largest absolute Gasteiger partial charge is 0.481 e. The molecule has 0 bridgehead atoms. The Morgan fingerprint density at radius 2 is 2.12 bits per heavy atom. The number of carboxylic acid groups (broad SMARTS) is 1. The van der Waals surface area contributed by atoms with Crippen LogP contribution in [0.2, 0.25) is 0 Å². The van der Waals surface area contributed by atoms with Crippen LogP contribution in [0.15, 0.2) is 0 Å². The van der Waals surface area contributed by atoms with Crippen molar-refractivity contribution in [3.63, 3.8) is 0 Å². The number of thiol groups is 1. The summed E-state index contributed by atoms with van der Waals surface area (Å²) in [7, 11) is 1.34. The minimum absolute atomic E-state index is 0.166. The molecule has 0 fully saturated rings. The Bertz CT molecular complexity index is 287. The lowest BCUT2D eigenvalue weighted by Gasteiger charge is -1.99. The van der Waals surface area contributed by atoms with Gasteiger partial charge in [-0.3, -0.25) is 9.59 Å². The van der Waals surface area contributed by atoms with Gasteiger partial charge in [-0.1, -0.05) is 17.6 Å². The van der Waals surface area contributed by atoms with E-state index in [2.05, 4.69) is 4.74 Å². The molecule has 0 saturated carbocycles. The number of thiocarbonyl (C=S) groups is 1. The number of rotatable bonds is 8. The molecule has 92 valence electrons. The number of carboxylic acids is 1. The van der Waals surface area contributed by atoms with Crippen LogP contribution in [0.3, 0.4) is 0 Å². The maximum absolute atomic E-state index is 10.8. The summed E-state index contributed by atoms with van der Waals surface area (Å²) in [4.78, 5) is 21.7. The van der Waals surface area contributed by atoms with Crippen molar-refractivity contribution in [2.45, 2.75) is 25.7 Å². The monoisotopic (exact) mass is 264 g/mol. The van der Waals surface area contributed by atoms with Crippen molar-refractivity contribution in [1.29, 1.82) is 0 Å². The summed E-state index contributed by atoms with van der Waals surface area (Å²) < 4.78 is 4.49. The van der Waals surface area contributed by atoms with E-state index in [4.69, 9.17) is 17.3 Å². The van der Waals surface area contributed by atoms with Crippen molar-refractivity contribution in [3.05, 3.63) is 0 Å². The Labute approximate surface area is 104 Å². The Morgan fingerprint density at radius 3 is 2.69 bits per heavy atom. The second-order valence-corrected chi connectivity index (χ2v) is 4.82. The van der Waals surface area contributed by atoms with E-state index >= 15 is 0 Å². The van der Waals surface area contributed by atoms with Gasteiger partial charge in [0.1, 0.15) is 0 Å². The molecule has 0 amide bonds. The quantitative estimate of drug-likeness (QED) is 0.394. The van der Waals surface area contributed by atoms with Crippen molar-refractivity contribution >= 4 is 45.7 Å². The number of ether oxygens (including phenoxy) is 1. The van der Waals surface area contributed by atoms with E-state index in [9.17, 15) is 9.59 Å². The summed E-state index contributed by atoms with van der Waals surface area (Å²) in [6, 6.07) is 0. The fraction of sp³-hybridized carbons (Fsp3) is 0.600. The molecule has 0 aromatic carbocycles. The second-order valence-electron chi connectivity index (χ2n) is 3.06. The molecule has 0 aliphatic heterocycles. The first-order valence-corrected chi connectivity index (χ1v) is 6.40. The van der Waals surface area contributed by atoms with Crippen molar-refractivity contribution < 1.29 is 19.4 Å². The third-order valence-electron chi connectivity index (χ3n) is 1.71. The van der Waals surface area contributed by atoms with E-state index in [0.29, 0.717) is 17.7 Å². The first-order valence-electron chi connectivity index (χ1n) is 4.85. The predicted octanol–water partition coefficient (Wildman–Crippen LogP) is 1.44. The molecule has 0 heterocycles. The highest BCUT2D eigenvalue weighted by Crippen LogP contribution is 2.00. The first-order chi connectivity index (χ1) is 7.56. The van der Waals surface area contributed by atoms with Gasteiger partial charge in [0.15, 0.2) is 0 Å². The van der Waals surface area contributed by atoms with Crippen molar-refractivity contribution in [3.8, 4) is 0 Å². The third-order valence-corrected chi connectivity index (χ3v) is 3.05. The maximum atomic E-state index is 10.8. The molecule has 0 spiro atoms. The van der Waals surface area contributed by atoms with Gasteiger partial charge in [-0.2, -0.15) is 0 Å². The van der Waals surface area contributed by atoms with Gasteiger partial charge in [-0.05, 0) is 18.6 Å². The molecule has 4 nitrogen and oxygen atoms in total. The van der Waals surface area contributed by atoms with Crippen molar-refractivity contribution in [2.75, 3.05) is 12.9 Å². The molecule has 0 aromatic rings. The summed E-state index contributed by atoms with van der Waals surface area (Å²) in [5.74, 6) is -0.265. The van der Waals surface area contributed by atoms with E-state index in [1.165, 1.54) is 7.11 Å². The van der Waals surface area contributed by atoms with Crippen LogP contribution in [-0.2, 0) is 14.3 Å². The van der Waals surface area contributed by atoms with Crippen LogP contribution >= 0.6 is 23.6 Å². The van der Waals surface area contributed by atoms with E-state index in [1.54, 1.807) is 0 Å². The van der Waals surface area contributed by atoms with Crippen molar-refractivity contribution in [2.24, 2.45) is 0 Å². The predicted molar refractivity (Wildman–Crippen MR) is 70.6 cm³/mol. The molecule has 0 saturated heterocycles. The lowest BCUT2D eigenvalue weighted by molar-refractivity contribution is -0.139. The van der Waals surface area contributed by atoms with Crippen LogP contribution in [0.25, 0.3) is 0 Å². The van der Waals surface area contributed by atoms with E-state index in [0.717, 1.165) is 17.1 Å². The Kier molecular flexibility index (Phi) is 9.03. The molecular formula is C10H16O4S2. The van der Waals surface area contributed by atoms with Gasteiger partial charge in [-0.15, -0.1) is 0 Å². The molecule has 0 aromatic heterocycles. The number of carbonyl (C=O) groups is 2. The molecule has 0 radical (unpaired) electrons. The van der Waals surface area contributed by atoms with E-state index < -0.39 is 5.97 Å². The molecule has 0 aliphatic carbocycles. The molecule has 1 N–H and O–H groups in total. The number of hydrogen-bond donors (Lipinski definition) is 2. The number of methoxy groups -OCH3 is 1. The fourth-order valence-electron chi connectivity index (χ4n) is 0.881. The maximum Gasteiger partial charge on any atom is 0.310 e. The van der Waals surface area contributed by atoms with E-state index in [1.807, 2.05) is 5.37 Å². The molecule has 16 heavy (non-hydrogen) atoms. The van der Waals surface area contributed by atoms with Gasteiger partial charge in [0.05, 0.1) is 13.5 Å². The molecule has 0 unspecified atom stereocenters. The standard InChI is InChI=1S/C10H16O4S2/c1-14-10(13)7-8(15)4-6-16-5-2-3-9(11)12/h5,16H,2-4,6-7H2,1H3,(H,11,12). The van der Waals surface area contributed by atoms with Crippen LogP contribution in [0.4, 0.5) is 0 Å². The second kappa shape index (κ2) is 9.47. The van der Waals surface area contributed by atoms with Gasteiger partial charge >= 0.3 is 11.9 Å². The number of hydrogen-bond acceptors (Lipinski definition) is 4. The summed E-state index contributed by atoms with van der Waals surface area (Å²) in [5, 5.41) is 10.3. The average Bonchev–Trinajstić information content (AvgIpc) is 2.22. The zero-order valence-corrected chi connectivity index (χ0v) is 10.9. The average molecular weight is 264 g/mol. The Hall–Kier alpha value is -0.750. The lowest BCUT2D eigenvalue weighted by Crippen LogP contribution is -2.07. The summed E-state index contributed by atoms with van der Waals surface area (Å²) in [6.45, 7) is 0. The molecule has 6 heteroatoms. The van der Waals surface area contributed by atoms with Crippen LogP contribution in [-0.4, -0.2) is 40.1 Å². The highest BCUT2D eigenvalue weighted by molar-refractivity contribution is 7.97. The zero-order valence-electron chi connectivity index (χ0n) is 9.14. The Balaban J connectivity index is 3.54. The minimum Gasteiger partial charge on any atom is -0.481 e. The molecule has 0 aliphatic rings. The smallest absolute Gasteiger partial charge is 0.310 e. The van der Waals surface area contributed by atoms with Crippen LogP contribution in [0, 0.1) is 0 Å². The number of carbonyl (C=O) groups excluding carboxylic acids is 1. The van der Waals surface area contributed by atoms with Crippen LogP contribution in [0.1, 0.15) is 25.7 Å². The molecule has 0 atom stereocenters. The topological polar surface area (TPSA) is 63.6 Å². The molecule has 0 rings (SSSR count). The molecular weight excluding hydrogens is 248 g/mol. The van der Waals surface area contributed by atoms with Gasteiger partial charge in [0.2, 0.25) is 0 Å². The Morgan fingerprint density at radius 1 is 1.44 bits per heavy atom. The minimum atomic E-state index is -0.785. The fourth-order valence-corrected chi connectivity index (χ4v) is 2.15. The summed E-state index contributed by atoms with van der Waals surface area (Å²) >= 11 is 6.06. The highest BCUT2D eigenvalue weighted by Gasteiger charge is 2.04. The highest BCUT2D eigenvalue weighted by atomic mass is 32.1. The SMILES string of the molecule is COC(=O)CC(=S)CC[SH]=CCCC(=O)O. The van der Waals surface area contributed by atoms with Gasteiger partial charge in [-0.25, -0.2) is 11.4 Å². The number of aliphatic carboxylic acids is 1. The van der Waals surface area contributed by atoms with E-state index in [-0.39, 0.29) is 18.8 Å². The summed E-state index contributed by atoms with van der Waals surface area (Å²) in [5.41, 5.74) is 0. The van der Waals surface area contributed by atoms with Crippen LogP contribution in [0.5, 0.6) is 0 Å². The first kappa shape index (κ1) is 15.2. The van der Waals surface area contributed by atoms with Gasteiger partial charge in [0.25, 0.3) is 0 Å². The lowest BCUT2D eigenvalue weighted by atomic mass is 10.2. The third kappa shape index (κ3) is 9.79. The number of esters is 1. The normalized spacial score (nSPS) is 10.8. The van der Waals surface area contributed by atoms with Crippen molar-refractivity contribution in [1.82, 2.24) is 0 Å². The zero-order chi connectivity index (χ0) is 12.4. The summed E-state index contributed by atoms with van der Waals surface area (Å²) in [6.07, 6.45) is 1.62. The van der Waals surface area contributed by atoms with Gasteiger partial charge < -0.3 is 9.84 Å². The van der Waals surface area contributed by atoms with Crippen LogP contribution < -0.4 is 0 Å². The van der Waals surface area contributed by atoms with Gasteiger partial charge in [0, 0.05) is 11.3 Å².